The smallest absolute Gasteiger partial charge is 0.221 e. The summed E-state index contributed by atoms with van der Waals surface area (Å²) < 4.78 is 48.8. The van der Waals surface area contributed by atoms with Crippen molar-refractivity contribution in [1.29, 1.82) is 0 Å². The molecule has 3 N–H and O–H groups in total. The summed E-state index contributed by atoms with van der Waals surface area (Å²) in [5.41, 5.74) is 22.7. The highest BCUT2D eigenvalue weighted by Gasteiger charge is 2.21. The fourth-order valence-corrected chi connectivity index (χ4v) is 11.9. The fourth-order valence-electron chi connectivity index (χ4n) is 11.9. The Morgan fingerprint density at radius 1 is 0.414 bits per heavy atom. The number of methoxy groups -OCH3 is 8. The molecule has 0 spiro atoms. The molecule has 7 aromatic heterocycles. The molecule has 27 heteroatoms. The first-order chi connectivity index (χ1) is 53.9. The number of benzene rings is 7. The number of anilines is 7. The molecule has 0 aliphatic rings. The Balaban J connectivity index is 0.000000155. The van der Waals surface area contributed by atoms with E-state index in [-0.39, 0.29) is 18.6 Å². The number of ether oxygens (including phenoxy) is 8. The van der Waals surface area contributed by atoms with Crippen molar-refractivity contribution in [3.05, 3.63) is 212 Å². The Labute approximate surface area is 642 Å². The number of rotatable bonds is 23. The van der Waals surface area contributed by atoms with Gasteiger partial charge >= 0.3 is 0 Å². The highest BCUT2D eigenvalue weighted by Crippen LogP contribution is 2.38. The van der Waals surface area contributed by atoms with Crippen LogP contribution in [0.15, 0.2) is 195 Å². The average Bonchev–Trinajstić information content (AvgIpc) is 1.35. The maximum absolute atomic E-state index is 10.6. The van der Waals surface area contributed by atoms with E-state index in [1.807, 2.05) is 188 Å². The number of nitrogens with zero attached hydrogens (tertiary/aromatic N) is 17. The number of nitrogen functional groups attached to an aromatic ring is 1. The zero-order chi connectivity index (χ0) is 78.1. The van der Waals surface area contributed by atoms with Crippen LogP contribution in [0.4, 0.5) is 40.1 Å². The molecule has 0 aliphatic carbocycles. The first-order valence-electron chi connectivity index (χ1n) is 35.1. The van der Waals surface area contributed by atoms with Crippen molar-refractivity contribution in [2.24, 2.45) is 14.1 Å². The van der Waals surface area contributed by atoms with Crippen LogP contribution in [0.2, 0.25) is 0 Å². The van der Waals surface area contributed by atoms with Crippen LogP contribution < -0.4 is 53.6 Å². The molecule has 1 atom stereocenters. The van der Waals surface area contributed by atoms with Crippen LogP contribution >= 0.6 is 0 Å². The van der Waals surface area contributed by atoms with Gasteiger partial charge in [-0.05, 0) is 112 Å². The summed E-state index contributed by atoms with van der Waals surface area (Å²) in [5, 5.41) is 23.5. The maximum atomic E-state index is 10.6. The number of aliphatic hydroxyl groups excluding tert-OH is 1. The van der Waals surface area contributed by atoms with Crippen LogP contribution in [0, 0.1) is 30.6 Å². The van der Waals surface area contributed by atoms with Gasteiger partial charge in [-0.2, -0.15) is 15.3 Å². The maximum Gasteiger partial charge on any atom is 0.221 e. The molecule has 0 aliphatic heterocycles. The minimum Gasteiger partial charge on any atom is -0.497 e. The second-order valence-electron chi connectivity index (χ2n) is 25.6. The van der Waals surface area contributed by atoms with Crippen molar-refractivity contribution in [2.75, 3.05) is 104 Å². The molecule has 0 amide bonds. The van der Waals surface area contributed by atoms with Crippen molar-refractivity contribution in [3.8, 4) is 97.7 Å². The van der Waals surface area contributed by atoms with Gasteiger partial charge in [0, 0.05) is 163 Å². The molecule has 0 unspecified atom stereocenters. The molecule has 564 valence electrons. The van der Waals surface area contributed by atoms with Crippen molar-refractivity contribution in [2.45, 2.75) is 32.9 Å². The monoisotopic (exact) mass is 1490 g/mol. The van der Waals surface area contributed by atoms with Crippen LogP contribution in [0.5, 0.6) is 40.2 Å². The van der Waals surface area contributed by atoms with E-state index in [0.29, 0.717) is 59.8 Å². The molecule has 0 saturated heterocycles. The van der Waals surface area contributed by atoms with E-state index in [0.717, 1.165) is 118 Å². The Morgan fingerprint density at radius 3 is 1.19 bits per heavy atom. The van der Waals surface area contributed by atoms with E-state index in [4.69, 9.17) is 58.6 Å². The molecule has 0 bridgehead atoms. The minimum atomic E-state index is -0.716. The minimum absolute atomic E-state index is 0.196. The number of hydrogen-bond donors (Lipinski definition) is 2. The van der Waals surface area contributed by atoms with Crippen molar-refractivity contribution < 1.29 is 43.0 Å². The van der Waals surface area contributed by atoms with Crippen LogP contribution in [0.3, 0.4) is 0 Å². The second-order valence-corrected chi connectivity index (χ2v) is 25.6. The van der Waals surface area contributed by atoms with Gasteiger partial charge in [0.15, 0.2) is 0 Å². The summed E-state index contributed by atoms with van der Waals surface area (Å²) in [6.45, 7) is 7.28. The Hall–Kier alpha value is -13.9. The normalized spacial score (nSPS) is 11.1. The lowest BCUT2D eigenvalue weighted by Gasteiger charge is -2.28. The lowest BCUT2D eigenvalue weighted by atomic mass is 10.1. The van der Waals surface area contributed by atoms with E-state index in [2.05, 4.69) is 82.6 Å². The molecular formula is C84H84N18O9. The highest BCUT2D eigenvalue weighted by atomic mass is 16.5. The summed E-state index contributed by atoms with van der Waals surface area (Å²) >= 11 is 0. The summed E-state index contributed by atoms with van der Waals surface area (Å²) in [6, 6.07) is 44.5. The van der Waals surface area contributed by atoms with Gasteiger partial charge in [-0.1, -0.05) is 17.8 Å². The highest BCUT2D eigenvalue weighted by molar-refractivity contribution is 5.86. The summed E-state index contributed by atoms with van der Waals surface area (Å²) in [6.07, 6.45) is 15.7. The van der Waals surface area contributed by atoms with Gasteiger partial charge in [0.1, 0.15) is 45.9 Å². The number of aromatic nitrogens is 14. The Bertz CT molecular complexity index is 5620. The molecule has 14 aromatic rings. The molecule has 0 radical (unpaired) electrons. The Kier molecular flexibility index (Phi) is 24.7. The fraction of sp³-hybridized carbons (Fsp3) is 0.226. The first kappa shape index (κ1) is 76.7. The van der Waals surface area contributed by atoms with Gasteiger partial charge in [-0.3, -0.25) is 29.0 Å². The number of aryl methyl sites for hydroxylation is 3. The molecule has 27 nitrogen and oxygen atoms in total. The van der Waals surface area contributed by atoms with Crippen molar-refractivity contribution in [3.63, 3.8) is 0 Å². The molecule has 7 heterocycles. The zero-order valence-corrected chi connectivity index (χ0v) is 63.9. The third-order valence-electron chi connectivity index (χ3n) is 17.5. The molecule has 0 saturated carbocycles. The predicted octanol–water partition coefficient (Wildman–Crippen LogP) is 13.4. The lowest BCUT2D eigenvalue weighted by Crippen LogP contribution is -2.31. The van der Waals surface area contributed by atoms with E-state index < -0.39 is 6.10 Å². The van der Waals surface area contributed by atoms with Gasteiger partial charge < -0.3 is 63.4 Å². The third-order valence-corrected chi connectivity index (χ3v) is 17.5. The summed E-state index contributed by atoms with van der Waals surface area (Å²) in [5.74, 6) is 17.9. The van der Waals surface area contributed by atoms with Gasteiger partial charge in [0.05, 0.1) is 169 Å². The molecule has 111 heavy (non-hydrogen) atoms. The lowest BCUT2D eigenvalue weighted by molar-refractivity contribution is 0.0701. The van der Waals surface area contributed by atoms with Gasteiger partial charge in [-0.15, -0.1) is 0 Å². The predicted molar refractivity (Wildman–Crippen MR) is 430 cm³/mol. The van der Waals surface area contributed by atoms with Crippen LogP contribution in [0.1, 0.15) is 36.8 Å². The van der Waals surface area contributed by atoms with E-state index in [1.54, 1.807) is 109 Å². The molecular weight excluding hydrogens is 1410 g/mol. The van der Waals surface area contributed by atoms with Gasteiger partial charge in [-0.25, -0.2) is 24.9 Å². The number of fused-ring (bicyclic) bond motifs is 3. The van der Waals surface area contributed by atoms with E-state index in [9.17, 15) is 5.11 Å². The molecule has 7 aromatic carbocycles. The van der Waals surface area contributed by atoms with Gasteiger partial charge in [0.25, 0.3) is 0 Å². The quantitative estimate of drug-likeness (QED) is 0.0563. The van der Waals surface area contributed by atoms with Crippen LogP contribution in [-0.4, -0.2) is 164 Å². The second kappa shape index (κ2) is 35.7. The van der Waals surface area contributed by atoms with Crippen molar-refractivity contribution >= 4 is 73.2 Å². The number of nitrogens with two attached hydrogens (primary N) is 1. The first-order valence-corrected chi connectivity index (χ1v) is 35.1. The molecule has 14 rings (SSSR count). The van der Waals surface area contributed by atoms with Crippen molar-refractivity contribution in [1.82, 2.24) is 69.2 Å². The Morgan fingerprint density at radius 2 is 0.811 bits per heavy atom. The topological polar surface area (TPSA) is 286 Å². The largest absolute Gasteiger partial charge is 0.497 e. The summed E-state index contributed by atoms with van der Waals surface area (Å²) in [4.78, 5) is 42.9. The summed E-state index contributed by atoms with van der Waals surface area (Å²) in [7, 11) is 16.7. The van der Waals surface area contributed by atoms with E-state index in [1.165, 1.54) is 0 Å². The van der Waals surface area contributed by atoms with Gasteiger partial charge in [0.2, 0.25) is 5.95 Å². The average molecular weight is 1490 g/mol. The SMILES string of the molecule is COC[C@@H](O)CN(c1cc(OC)cc(OC)c1)c1ccc2ncc(-c3cnn(C(C)C)c3)nc2c1.COc1cc(OC)cc(N(CC#Cc2cc(C)nc(N)n2)c2ccc3ncc(-c4cnn(C)c4)nc3c2)c1.COc1ccc(C#CCN(c2cc(OC)cc(OC)c2)c2ccc3ncc(-c4cnn(C)c4)nc3c2)cc1. The number of aliphatic hydroxyl groups is 1. The number of hydrogen-bond acceptors (Lipinski definition) is 24. The standard InChI is InChI=1S/C30H27N5O3.C28H26N8O2.C26H31N5O4/c1-34-20-22(18-32-34)30-19-31-28-12-9-23(16-29(28)33-30)35(24-14-26(37-3)17-27(15-24)38-4)13-5-6-21-7-10-25(36-2)11-8-21;1-18-10-20(33-28(29)32-18)6-5-9-36(22-11-23(37-3)14-24(12-22)38-4)21-7-8-25-26(13-21)34-27(16-30-25)19-15-31-35(2)17-19;1-17(2)31-14-18(12-28-31)26-13-27-24-7-6-19(10-25(24)29-26)30(15-21(32)16-33-3)20-8-22(34-4)11-23(9-20)35-5/h7-12,14-20H,13H2,1-4H3;7-8,10-17H,9H2,1-4H3,(H2,29,32,33);6-14,17,21,32H,15-16H2,1-5H3/t;;21-/m..0/s1. The third kappa shape index (κ3) is 19.3. The zero-order valence-electron chi connectivity index (χ0n) is 63.9. The van der Waals surface area contributed by atoms with E-state index >= 15 is 0 Å². The molecule has 0 fully saturated rings. The van der Waals surface area contributed by atoms with Crippen LogP contribution in [0.25, 0.3) is 66.9 Å². The van der Waals surface area contributed by atoms with Crippen LogP contribution in [-0.2, 0) is 18.8 Å².